The van der Waals surface area contributed by atoms with Crippen molar-refractivity contribution in [2.75, 3.05) is 0 Å². The third-order valence-electron chi connectivity index (χ3n) is 11.9. The lowest BCUT2D eigenvalue weighted by atomic mass is 9.98. The fourth-order valence-electron chi connectivity index (χ4n) is 8.74. The minimum Gasteiger partial charge on any atom is -0.308 e. The van der Waals surface area contributed by atoms with Crippen LogP contribution in [0.1, 0.15) is 11.1 Å². The second-order valence-corrected chi connectivity index (χ2v) is 16.0. The summed E-state index contributed by atoms with van der Waals surface area (Å²) < 4.78 is 2.21. The van der Waals surface area contributed by atoms with Crippen molar-refractivity contribution in [2.24, 2.45) is 0 Å². The largest absolute Gasteiger partial charge is 0.308 e. The molecule has 11 aromatic rings. The van der Waals surface area contributed by atoms with Crippen LogP contribution in [0.15, 0.2) is 206 Å². The molecule has 0 aliphatic rings. The maximum absolute atomic E-state index is 10.9. The van der Waals surface area contributed by atoms with E-state index in [0.29, 0.717) is 45.3 Å². The molecule has 11 rings (SSSR count). The minimum absolute atomic E-state index is 0.384. The molecule has 8 heteroatoms. The summed E-state index contributed by atoms with van der Waals surface area (Å²) >= 11 is 0. The van der Waals surface area contributed by atoms with Crippen molar-refractivity contribution in [3.63, 3.8) is 0 Å². The molecule has 0 aliphatic heterocycles. The van der Waals surface area contributed by atoms with Crippen LogP contribution in [-0.2, 0) is 0 Å². The van der Waals surface area contributed by atoms with Gasteiger partial charge >= 0.3 is 0 Å². The van der Waals surface area contributed by atoms with Gasteiger partial charge in [0.15, 0.2) is 17.3 Å². The highest BCUT2D eigenvalue weighted by molar-refractivity contribution is 6.11. The lowest BCUT2D eigenvalue weighted by molar-refractivity contribution is 1.12. The monoisotopic (exact) mass is 854 g/mol. The number of benzene rings is 8. The van der Waals surface area contributed by atoms with Crippen LogP contribution in [0.3, 0.4) is 0 Å². The molecule has 0 saturated heterocycles. The number of hydrogen-bond acceptors (Lipinski definition) is 6. The van der Waals surface area contributed by atoms with Crippen LogP contribution in [0, 0.1) is 29.2 Å². The quantitative estimate of drug-likeness (QED) is 0.141. The molecule has 310 valence electrons. The van der Waals surface area contributed by atoms with Gasteiger partial charge in [-0.05, 0) is 71.8 Å². The van der Waals surface area contributed by atoms with E-state index in [4.69, 9.17) is 26.5 Å². The Morgan fingerprint density at radius 2 is 0.821 bits per heavy atom. The first-order valence-electron chi connectivity index (χ1n) is 21.6. The highest BCUT2D eigenvalue weighted by Crippen LogP contribution is 2.43. The molecular weight excluding hydrogens is 821 g/mol. The Bertz CT molecular complexity index is 3530. The Kier molecular flexibility index (Phi) is 10.2. The van der Waals surface area contributed by atoms with Crippen LogP contribution in [0.2, 0.25) is 0 Å². The molecule has 8 nitrogen and oxygen atoms in total. The molecule has 0 N–H and O–H groups in total. The predicted molar refractivity (Wildman–Crippen MR) is 266 cm³/mol. The van der Waals surface area contributed by atoms with E-state index in [9.17, 15) is 10.5 Å². The molecule has 0 bridgehead atoms. The second kappa shape index (κ2) is 17.1. The lowest BCUT2D eigenvalue weighted by Gasteiger charge is -2.20. The zero-order chi connectivity index (χ0) is 45.3. The fraction of sp³-hybridized carbons (Fsp3) is 0. The van der Waals surface area contributed by atoms with Crippen molar-refractivity contribution in [2.45, 2.75) is 0 Å². The number of para-hydroxylation sites is 1. The first-order chi connectivity index (χ1) is 33.0. The van der Waals surface area contributed by atoms with Gasteiger partial charge in [0.1, 0.15) is 0 Å². The highest BCUT2D eigenvalue weighted by Gasteiger charge is 2.26. The molecule has 0 unspecified atom stereocenters. The standard InChI is InChI=1S/C59H34N8/c1-62-46-29-38(36-60)28-45(32-46)44-26-27-56-48(33-44)47-24-14-15-25-55(47)67(56)57-49(58-63-51(40-16-6-2-7-17-40)34-52(64-58)41-18-8-3-9-19-41)30-39(37-61)31-50(57)59-65-53(42-20-10-4-11-21-42)35-54(66-59)43-22-12-5-13-23-43/h2-35H. The lowest BCUT2D eigenvalue weighted by Crippen LogP contribution is -2.06. The zero-order valence-electron chi connectivity index (χ0n) is 35.7. The molecule has 3 heterocycles. The van der Waals surface area contributed by atoms with Gasteiger partial charge in [0.05, 0.1) is 63.8 Å². The fourth-order valence-corrected chi connectivity index (χ4v) is 8.74. The van der Waals surface area contributed by atoms with Crippen LogP contribution < -0.4 is 0 Å². The number of rotatable bonds is 8. The van der Waals surface area contributed by atoms with E-state index in [-0.39, 0.29) is 0 Å². The van der Waals surface area contributed by atoms with Crippen LogP contribution >= 0.6 is 0 Å². The van der Waals surface area contributed by atoms with Gasteiger partial charge in [-0.25, -0.2) is 24.8 Å². The summed E-state index contributed by atoms with van der Waals surface area (Å²) in [6.45, 7) is 7.74. The van der Waals surface area contributed by atoms with Crippen LogP contribution in [0.25, 0.3) is 111 Å². The molecule has 0 radical (unpaired) electrons. The van der Waals surface area contributed by atoms with Crippen LogP contribution in [0.5, 0.6) is 0 Å². The van der Waals surface area contributed by atoms with Gasteiger partial charge < -0.3 is 4.57 Å². The van der Waals surface area contributed by atoms with E-state index in [1.54, 1.807) is 6.07 Å². The summed E-state index contributed by atoms with van der Waals surface area (Å²) in [7, 11) is 0. The number of nitriles is 2. The Morgan fingerprint density at radius 3 is 1.28 bits per heavy atom. The molecule has 0 saturated carbocycles. The van der Waals surface area contributed by atoms with Crippen molar-refractivity contribution < 1.29 is 0 Å². The topological polar surface area (TPSA) is 108 Å². The van der Waals surface area contributed by atoms with Crippen LogP contribution in [-0.4, -0.2) is 24.5 Å². The first kappa shape index (κ1) is 40.0. The summed E-state index contributed by atoms with van der Waals surface area (Å²) in [4.78, 5) is 25.0. The first-order valence-corrected chi connectivity index (χ1v) is 21.6. The number of fused-ring (bicyclic) bond motifs is 3. The highest BCUT2D eigenvalue weighted by atomic mass is 15.0. The van der Waals surface area contributed by atoms with Crippen molar-refractivity contribution in [3.8, 4) is 96.8 Å². The van der Waals surface area contributed by atoms with Gasteiger partial charge in [-0.15, -0.1) is 0 Å². The third kappa shape index (κ3) is 7.51. The van der Waals surface area contributed by atoms with Crippen molar-refractivity contribution in [3.05, 3.63) is 229 Å². The normalized spacial score (nSPS) is 10.9. The van der Waals surface area contributed by atoms with Gasteiger partial charge in [0.2, 0.25) is 0 Å². The predicted octanol–water partition coefficient (Wildman–Crippen LogP) is 14.3. The third-order valence-corrected chi connectivity index (χ3v) is 11.9. The summed E-state index contributed by atoms with van der Waals surface area (Å²) in [5, 5.41) is 22.7. The Balaban J connectivity index is 1.27. The van der Waals surface area contributed by atoms with Crippen LogP contribution in [0.4, 0.5) is 5.69 Å². The van der Waals surface area contributed by atoms with Gasteiger partial charge in [-0.1, -0.05) is 146 Å². The van der Waals surface area contributed by atoms with E-state index in [2.05, 4.69) is 45.8 Å². The Hall–Kier alpha value is -9.81. The van der Waals surface area contributed by atoms with E-state index in [1.807, 2.05) is 176 Å². The molecule has 0 atom stereocenters. The number of nitrogens with zero attached hydrogens (tertiary/aromatic N) is 8. The molecule has 3 aromatic heterocycles. The Morgan fingerprint density at radius 1 is 0.388 bits per heavy atom. The zero-order valence-corrected chi connectivity index (χ0v) is 35.7. The smallest absolute Gasteiger partial charge is 0.189 e. The molecule has 0 amide bonds. The van der Waals surface area contributed by atoms with Gasteiger partial charge in [-0.3, -0.25) is 0 Å². The molecule has 0 fully saturated rings. The van der Waals surface area contributed by atoms with Crippen molar-refractivity contribution in [1.29, 1.82) is 10.5 Å². The maximum atomic E-state index is 10.9. The van der Waals surface area contributed by atoms with Crippen molar-refractivity contribution in [1.82, 2.24) is 24.5 Å². The van der Waals surface area contributed by atoms with Crippen molar-refractivity contribution >= 4 is 27.5 Å². The molecule has 0 aliphatic carbocycles. The average molecular weight is 855 g/mol. The van der Waals surface area contributed by atoms with E-state index >= 15 is 0 Å². The molecular formula is C59H34N8. The van der Waals surface area contributed by atoms with Gasteiger partial charge in [0, 0.05) is 49.7 Å². The van der Waals surface area contributed by atoms with E-state index < -0.39 is 0 Å². The summed E-state index contributed by atoms with van der Waals surface area (Å²) in [5.74, 6) is 0.831. The summed E-state index contributed by atoms with van der Waals surface area (Å²) in [5.41, 5.74) is 13.0. The maximum Gasteiger partial charge on any atom is 0.189 e. The molecule has 0 spiro atoms. The van der Waals surface area contributed by atoms with Gasteiger partial charge in [-0.2, -0.15) is 10.5 Å². The summed E-state index contributed by atoms with van der Waals surface area (Å²) in [6, 6.07) is 72.2. The van der Waals surface area contributed by atoms with E-state index in [0.717, 1.165) is 78.0 Å². The molecule has 8 aromatic carbocycles. The SMILES string of the molecule is [C-]#[N+]c1cc(C#N)cc(-c2ccc3c(c2)c2ccccc2n3-c2c(-c3nc(-c4ccccc4)cc(-c4ccccc4)n3)cc(C#N)cc2-c2nc(-c3ccccc3)cc(-c3ccccc3)n2)c1. The van der Waals surface area contributed by atoms with E-state index in [1.165, 1.54) is 0 Å². The second-order valence-electron chi connectivity index (χ2n) is 16.0. The summed E-state index contributed by atoms with van der Waals surface area (Å²) in [6.07, 6.45) is 0. The van der Waals surface area contributed by atoms with Gasteiger partial charge in [0.25, 0.3) is 0 Å². The minimum atomic E-state index is 0.384. The average Bonchev–Trinajstić information content (AvgIpc) is 3.74. The number of hydrogen-bond donors (Lipinski definition) is 0. The molecule has 67 heavy (non-hydrogen) atoms. The Labute approximate surface area is 386 Å². The number of aromatic nitrogens is 5.